The minimum absolute atomic E-state index is 0.0906. The van der Waals surface area contributed by atoms with Crippen LogP contribution in [0, 0.1) is 0 Å². The van der Waals surface area contributed by atoms with Crippen LogP contribution in [0.3, 0.4) is 0 Å². The molecule has 0 radical (unpaired) electrons. The summed E-state index contributed by atoms with van der Waals surface area (Å²) in [6, 6.07) is 11.4. The number of pyridine rings is 1. The van der Waals surface area contributed by atoms with Crippen molar-refractivity contribution in [2.75, 3.05) is 11.4 Å². The van der Waals surface area contributed by atoms with Gasteiger partial charge in [-0.2, -0.15) is 13.2 Å². The third-order valence-electron chi connectivity index (χ3n) is 3.65. The summed E-state index contributed by atoms with van der Waals surface area (Å²) in [5, 5.41) is 2.83. The van der Waals surface area contributed by atoms with E-state index in [1.165, 1.54) is 11.0 Å². The fourth-order valence-electron chi connectivity index (χ4n) is 2.55. The molecule has 1 N–H and O–H groups in total. The molecule has 0 bridgehead atoms. The minimum atomic E-state index is -4.48. The molecule has 23 heavy (non-hydrogen) atoms. The Bertz CT molecular complexity index is 686. The number of nitrogens with one attached hydrogen (secondary N) is 1. The Morgan fingerprint density at radius 1 is 1.17 bits per heavy atom. The van der Waals surface area contributed by atoms with Gasteiger partial charge < -0.3 is 5.32 Å². The number of alkyl halides is 3. The van der Waals surface area contributed by atoms with Crippen molar-refractivity contribution in [2.24, 2.45) is 0 Å². The summed E-state index contributed by atoms with van der Waals surface area (Å²) in [5.41, 5.74) is 0.470. The summed E-state index contributed by atoms with van der Waals surface area (Å²) in [6.07, 6.45) is -2.74. The third kappa shape index (κ3) is 3.44. The number of rotatable bonds is 3. The molecule has 3 rings (SSSR count). The average Bonchev–Trinajstić information content (AvgIpc) is 2.88. The Hall–Kier alpha value is -2.57. The molecule has 7 heteroatoms. The van der Waals surface area contributed by atoms with Gasteiger partial charge in [0.2, 0.25) is 0 Å². The number of amides is 2. The van der Waals surface area contributed by atoms with Gasteiger partial charge in [-0.25, -0.2) is 9.78 Å². The first-order chi connectivity index (χ1) is 10.9. The Balaban J connectivity index is 1.70. The van der Waals surface area contributed by atoms with Crippen molar-refractivity contribution >= 4 is 11.7 Å². The monoisotopic (exact) mass is 321 g/mol. The molecule has 120 valence electrons. The first kappa shape index (κ1) is 15.3. The van der Waals surface area contributed by atoms with Crippen molar-refractivity contribution in [2.45, 2.75) is 18.6 Å². The van der Waals surface area contributed by atoms with E-state index in [4.69, 9.17) is 0 Å². The number of carbonyl (C=O) groups is 1. The average molecular weight is 321 g/mol. The fourth-order valence-corrected chi connectivity index (χ4v) is 2.55. The van der Waals surface area contributed by atoms with Crippen molar-refractivity contribution < 1.29 is 18.0 Å². The van der Waals surface area contributed by atoms with Crippen LogP contribution >= 0.6 is 0 Å². The lowest BCUT2D eigenvalue weighted by atomic mass is 10.1. The van der Waals surface area contributed by atoms with Crippen LogP contribution in [0.25, 0.3) is 0 Å². The summed E-state index contributed by atoms with van der Waals surface area (Å²) >= 11 is 0. The highest BCUT2D eigenvalue weighted by Crippen LogP contribution is 2.29. The molecule has 4 nitrogen and oxygen atoms in total. The van der Waals surface area contributed by atoms with Crippen LogP contribution < -0.4 is 10.2 Å². The lowest BCUT2D eigenvalue weighted by Gasteiger charge is -2.15. The summed E-state index contributed by atoms with van der Waals surface area (Å²) in [5.74, 6) is 0. The molecule has 0 saturated carbocycles. The lowest BCUT2D eigenvalue weighted by Crippen LogP contribution is -2.29. The van der Waals surface area contributed by atoms with Crippen molar-refractivity contribution in [1.82, 2.24) is 10.3 Å². The number of aromatic nitrogens is 1. The van der Waals surface area contributed by atoms with Gasteiger partial charge in [0.25, 0.3) is 0 Å². The van der Waals surface area contributed by atoms with Gasteiger partial charge in [0.1, 0.15) is 5.69 Å². The zero-order valence-corrected chi connectivity index (χ0v) is 12.0. The normalized spacial score (nSPS) is 18.1. The Morgan fingerprint density at radius 2 is 1.91 bits per heavy atom. The Kier molecular flexibility index (Phi) is 3.94. The summed E-state index contributed by atoms with van der Waals surface area (Å²) in [6.45, 7) is 0.390. The molecular weight excluding hydrogens is 307 g/mol. The number of hydrogen-bond acceptors (Lipinski definition) is 2. The number of hydrogen-bond donors (Lipinski definition) is 1. The zero-order chi connectivity index (χ0) is 16.4. The van der Waals surface area contributed by atoms with Gasteiger partial charge in [0.05, 0.1) is 17.9 Å². The van der Waals surface area contributed by atoms with E-state index in [-0.39, 0.29) is 12.1 Å². The molecule has 1 aromatic carbocycles. The number of urea groups is 1. The standard InChI is InChI=1S/C16H14F3N3O/c17-16(18,19)14-7-6-13(9-20-14)22-10-12(21-15(22)23)8-11-4-2-1-3-5-11/h1-7,9,12H,8,10H2,(H,21,23)/t12-/m0/s1. The van der Waals surface area contributed by atoms with E-state index in [1.54, 1.807) is 0 Å². The maximum Gasteiger partial charge on any atom is 0.433 e. The van der Waals surface area contributed by atoms with Gasteiger partial charge >= 0.3 is 12.2 Å². The zero-order valence-electron chi connectivity index (χ0n) is 12.0. The van der Waals surface area contributed by atoms with Crippen LogP contribution in [-0.2, 0) is 12.6 Å². The highest BCUT2D eigenvalue weighted by molar-refractivity contribution is 5.94. The molecule has 1 aromatic heterocycles. The van der Waals surface area contributed by atoms with E-state index in [9.17, 15) is 18.0 Å². The molecule has 1 aliphatic heterocycles. The molecule has 2 heterocycles. The van der Waals surface area contributed by atoms with Gasteiger partial charge in [-0.05, 0) is 24.1 Å². The van der Waals surface area contributed by atoms with Crippen molar-refractivity contribution in [3.63, 3.8) is 0 Å². The molecular formula is C16H14F3N3O. The summed E-state index contributed by atoms with van der Waals surface area (Å²) < 4.78 is 37.6. The van der Waals surface area contributed by atoms with Crippen LogP contribution in [0.5, 0.6) is 0 Å². The van der Waals surface area contributed by atoms with Crippen LogP contribution in [0.15, 0.2) is 48.7 Å². The number of nitrogens with zero attached hydrogens (tertiary/aromatic N) is 2. The van der Waals surface area contributed by atoms with E-state index in [1.807, 2.05) is 30.3 Å². The van der Waals surface area contributed by atoms with Crippen LogP contribution in [0.4, 0.5) is 23.7 Å². The van der Waals surface area contributed by atoms with Gasteiger partial charge in [-0.3, -0.25) is 4.90 Å². The predicted molar refractivity (Wildman–Crippen MR) is 79.1 cm³/mol. The minimum Gasteiger partial charge on any atom is -0.333 e. The second kappa shape index (κ2) is 5.91. The molecule has 1 atom stereocenters. The first-order valence-corrected chi connectivity index (χ1v) is 7.09. The van der Waals surface area contributed by atoms with Gasteiger partial charge in [-0.1, -0.05) is 30.3 Å². The second-order valence-electron chi connectivity index (χ2n) is 5.35. The molecule has 0 spiro atoms. The maximum atomic E-state index is 12.5. The summed E-state index contributed by atoms with van der Waals surface area (Å²) in [7, 11) is 0. The smallest absolute Gasteiger partial charge is 0.333 e. The molecule has 2 amide bonds. The van der Waals surface area contributed by atoms with Gasteiger partial charge in [-0.15, -0.1) is 0 Å². The van der Waals surface area contributed by atoms with Crippen molar-refractivity contribution in [1.29, 1.82) is 0 Å². The lowest BCUT2D eigenvalue weighted by molar-refractivity contribution is -0.141. The van der Waals surface area contributed by atoms with Crippen LogP contribution in [0.2, 0.25) is 0 Å². The van der Waals surface area contributed by atoms with Gasteiger partial charge in [0.15, 0.2) is 0 Å². The van der Waals surface area contributed by atoms with E-state index in [0.29, 0.717) is 18.7 Å². The molecule has 1 aliphatic rings. The molecule has 1 saturated heterocycles. The summed E-state index contributed by atoms with van der Waals surface area (Å²) in [4.78, 5) is 16.8. The van der Waals surface area contributed by atoms with Crippen molar-refractivity contribution in [3.05, 3.63) is 59.9 Å². The third-order valence-corrected chi connectivity index (χ3v) is 3.65. The second-order valence-corrected chi connectivity index (χ2v) is 5.35. The quantitative estimate of drug-likeness (QED) is 0.943. The predicted octanol–water partition coefficient (Wildman–Crippen LogP) is 3.24. The molecule has 2 aromatic rings. The van der Waals surface area contributed by atoms with Crippen LogP contribution in [-0.4, -0.2) is 23.6 Å². The fraction of sp³-hybridized carbons (Fsp3) is 0.250. The van der Waals surface area contributed by atoms with Gasteiger partial charge in [0, 0.05) is 6.54 Å². The number of anilines is 1. The number of halogens is 3. The molecule has 0 aliphatic carbocycles. The maximum absolute atomic E-state index is 12.5. The SMILES string of the molecule is O=C1N[C@@H](Cc2ccccc2)CN1c1ccc(C(F)(F)F)nc1. The molecule has 1 fully saturated rings. The highest BCUT2D eigenvalue weighted by Gasteiger charge is 2.34. The first-order valence-electron chi connectivity index (χ1n) is 7.09. The molecule has 0 unspecified atom stereocenters. The van der Waals surface area contributed by atoms with E-state index in [2.05, 4.69) is 10.3 Å². The van der Waals surface area contributed by atoms with E-state index < -0.39 is 11.9 Å². The Morgan fingerprint density at radius 3 is 2.52 bits per heavy atom. The topological polar surface area (TPSA) is 45.2 Å². The van der Waals surface area contributed by atoms with Crippen molar-refractivity contribution in [3.8, 4) is 0 Å². The van der Waals surface area contributed by atoms with E-state index >= 15 is 0 Å². The number of benzene rings is 1. The number of carbonyl (C=O) groups excluding carboxylic acids is 1. The largest absolute Gasteiger partial charge is 0.433 e. The van der Waals surface area contributed by atoms with Crippen LogP contribution in [0.1, 0.15) is 11.3 Å². The highest BCUT2D eigenvalue weighted by atomic mass is 19.4. The Labute approximate surface area is 130 Å². The van der Waals surface area contributed by atoms with E-state index in [0.717, 1.165) is 17.8 Å².